The first-order valence-corrected chi connectivity index (χ1v) is 9.48. The van der Waals surface area contributed by atoms with Gasteiger partial charge in [-0.25, -0.2) is 0 Å². The van der Waals surface area contributed by atoms with Crippen LogP contribution in [0.5, 0.6) is 5.75 Å². The molecule has 0 aromatic heterocycles. The molecule has 0 spiro atoms. The van der Waals surface area contributed by atoms with Gasteiger partial charge in [0.25, 0.3) is 0 Å². The van der Waals surface area contributed by atoms with Crippen LogP contribution in [0.1, 0.15) is 78.9 Å². The summed E-state index contributed by atoms with van der Waals surface area (Å²) in [5.41, 5.74) is 3.31. The predicted molar refractivity (Wildman–Crippen MR) is 100 cm³/mol. The summed E-state index contributed by atoms with van der Waals surface area (Å²) >= 11 is 0. The predicted octanol–water partition coefficient (Wildman–Crippen LogP) is 6.43. The summed E-state index contributed by atoms with van der Waals surface area (Å²) in [7, 11) is 0. The molecule has 2 rings (SSSR count). The number of benzene rings is 1. The van der Waals surface area contributed by atoms with E-state index in [9.17, 15) is 0 Å². The molecule has 0 radical (unpaired) electrons. The van der Waals surface area contributed by atoms with Crippen LogP contribution in [-0.4, -0.2) is 5.60 Å². The van der Waals surface area contributed by atoms with Gasteiger partial charge in [-0.15, -0.1) is 0 Å². The van der Waals surface area contributed by atoms with Gasteiger partial charge in [0.1, 0.15) is 11.4 Å². The van der Waals surface area contributed by atoms with Crippen molar-refractivity contribution in [3.05, 3.63) is 29.3 Å². The van der Waals surface area contributed by atoms with Gasteiger partial charge in [0.15, 0.2) is 0 Å². The zero-order valence-corrected chi connectivity index (χ0v) is 16.3. The lowest BCUT2D eigenvalue weighted by molar-refractivity contribution is 0.0368. The van der Waals surface area contributed by atoms with Crippen molar-refractivity contribution in [2.24, 2.45) is 17.3 Å². The summed E-state index contributed by atoms with van der Waals surface area (Å²) in [6.45, 7) is 16.1. The summed E-state index contributed by atoms with van der Waals surface area (Å²) in [4.78, 5) is 0. The number of rotatable bonds is 6. The second-order valence-electron chi connectivity index (χ2n) is 9.00. The largest absolute Gasteiger partial charge is 0.488 e. The molecule has 1 aromatic rings. The fourth-order valence-corrected chi connectivity index (χ4v) is 4.05. The summed E-state index contributed by atoms with van der Waals surface area (Å²) in [6, 6.07) is 6.79. The molecule has 1 aliphatic rings. The van der Waals surface area contributed by atoms with Gasteiger partial charge in [0.05, 0.1) is 0 Å². The van der Waals surface area contributed by atoms with E-state index in [1.165, 1.54) is 43.2 Å². The molecular weight excluding hydrogens is 280 g/mol. The Hall–Kier alpha value is -0.980. The molecule has 2 atom stereocenters. The molecule has 2 unspecified atom stereocenters. The molecule has 0 N–H and O–H groups in total. The maximum atomic E-state index is 6.45. The number of hydrogen-bond acceptors (Lipinski definition) is 1. The van der Waals surface area contributed by atoms with Gasteiger partial charge in [0, 0.05) is 0 Å². The first kappa shape index (κ1) is 18.4. The van der Waals surface area contributed by atoms with E-state index in [0.29, 0.717) is 11.3 Å². The van der Waals surface area contributed by atoms with Crippen molar-refractivity contribution < 1.29 is 4.74 Å². The van der Waals surface area contributed by atoms with E-state index in [1.807, 2.05) is 0 Å². The zero-order chi connectivity index (χ0) is 17.3. The highest BCUT2D eigenvalue weighted by Gasteiger charge is 2.33. The molecule has 1 nitrogen and oxygen atoms in total. The van der Waals surface area contributed by atoms with Gasteiger partial charge in [-0.2, -0.15) is 0 Å². The van der Waals surface area contributed by atoms with Crippen LogP contribution in [0.4, 0.5) is 0 Å². The Balaban J connectivity index is 2.12. The molecule has 0 heterocycles. The third-order valence-corrected chi connectivity index (χ3v) is 5.83. The maximum absolute atomic E-state index is 6.45. The minimum atomic E-state index is -0.0962. The van der Waals surface area contributed by atoms with Gasteiger partial charge in [0.2, 0.25) is 0 Å². The fraction of sp³-hybridized carbons (Fsp3) is 0.727. The molecule has 0 bridgehead atoms. The quantitative estimate of drug-likeness (QED) is 0.587. The molecule has 0 amide bonds. The molecule has 0 saturated heterocycles. The normalized spacial score (nSPS) is 19.5. The lowest BCUT2D eigenvalue weighted by Crippen LogP contribution is -2.37. The molecule has 130 valence electrons. The van der Waals surface area contributed by atoms with Crippen LogP contribution in [0.25, 0.3) is 0 Å². The highest BCUT2D eigenvalue weighted by molar-refractivity contribution is 5.39. The minimum absolute atomic E-state index is 0.0962. The van der Waals surface area contributed by atoms with Crippen molar-refractivity contribution in [3.63, 3.8) is 0 Å². The second-order valence-corrected chi connectivity index (χ2v) is 9.00. The van der Waals surface area contributed by atoms with E-state index < -0.39 is 0 Å². The summed E-state index contributed by atoms with van der Waals surface area (Å²) in [6.07, 6.45) is 6.06. The zero-order valence-electron chi connectivity index (χ0n) is 16.3. The van der Waals surface area contributed by atoms with Crippen LogP contribution in [0.3, 0.4) is 0 Å². The average Bonchev–Trinajstić information content (AvgIpc) is 2.87. The van der Waals surface area contributed by atoms with E-state index in [1.54, 1.807) is 0 Å². The Morgan fingerprint density at radius 3 is 2.26 bits per heavy atom. The van der Waals surface area contributed by atoms with Crippen LogP contribution < -0.4 is 4.74 Å². The van der Waals surface area contributed by atoms with Crippen LogP contribution >= 0.6 is 0 Å². The first-order valence-electron chi connectivity index (χ1n) is 9.48. The summed E-state index contributed by atoms with van der Waals surface area (Å²) in [5.74, 6) is 2.42. The monoisotopic (exact) mass is 316 g/mol. The van der Waals surface area contributed by atoms with E-state index in [0.717, 1.165) is 11.7 Å². The third-order valence-electron chi connectivity index (χ3n) is 5.83. The molecule has 0 aliphatic heterocycles. The standard InChI is InChI=1S/C22H36O/c1-8-10-18(9-2)22(6,7)23-20-12-11-16-13-19(21(3,4)5)14-17(16)15-20/h11-12,15,18-19H,8-10,13-14H2,1-7H3. The van der Waals surface area contributed by atoms with Gasteiger partial charge in [-0.3, -0.25) is 0 Å². The molecule has 1 aromatic carbocycles. The summed E-state index contributed by atoms with van der Waals surface area (Å²) in [5, 5.41) is 0. The molecule has 23 heavy (non-hydrogen) atoms. The second kappa shape index (κ2) is 6.87. The van der Waals surface area contributed by atoms with Crippen LogP contribution in [0.15, 0.2) is 18.2 Å². The lowest BCUT2D eigenvalue weighted by Gasteiger charge is -2.34. The number of hydrogen-bond donors (Lipinski definition) is 0. The maximum Gasteiger partial charge on any atom is 0.120 e. The Kier molecular flexibility index (Phi) is 5.48. The summed E-state index contributed by atoms with van der Waals surface area (Å²) < 4.78 is 6.45. The van der Waals surface area contributed by atoms with Crippen molar-refractivity contribution in [1.82, 2.24) is 0 Å². The van der Waals surface area contributed by atoms with E-state index in [4.69, 9.17) is 4.74 Å². The van der Waals surface area contributed by atoms with Gasteiger partial charge >= 0.3 is 0 Å². The van der Waals surface area contributed by atoms with Crippen molar-refractivity contribution in [2.75, 3.05) is 0 Å². The minimum Gasteiger partial charge on any atom is -0.488 e. The molecule has 1 aliphatic carbocycles. The number of fused-ring (bicyclic) bond motifs is 1. The average molecular weight is 317 g/mol. The topological polar surface area (TPSA) is 9.23 Å². The van der Waals surface area contributed by atoms with Crippen molar-refractivity contribution in [2.45, 2.75) is 86.2 Å². The van der Waals surface area contributed by atoms with Gasteiger partial charge in [-0.1, -0.05) is 47.1 Å². The third kappa shape index (κ3) is 4.31. The smallest absolute Gasteiger partial charge is 0.120 e. The molecule has 1 heteroatoms. The molecular formula is C22H36O. The Labute approximate surface area is 143 Å². The fourth-order valence-electron chi connectivity index (χ4n) is 4.05. The Morgan fingerprint density at radius 1 is 1.04 bits per heavy atom. The van der Waals surface area contributed by atoms with E-state index in [2.05, 4.69) is 66.7 Å². The van der Waals surface area contributed by atoms with Gasteiger partial charge in [-0.05, 0) is 80.0 Å². The van der Waals surface area contributed by atoms with Crippen LogP contribution in [-0.2, 0) is 12.8 Å². The molecule has 0 saturated carbocycles. The highest BCUT2D eigenvalue weighted by atomic mass is 16.5. The SMILES string of the molecule is CCCC(CC)C(C)(C)Oc1ccc2c(c1)CC(C(C)(C)C)C2. The van der Waals surface area contributed by atoms with Gasteiger partial charge < -0.3 is 4.74 Å². The Morgan fingerprint density at radius 2 is 1.70 bits per heavy atom. The molecule has 0 fully saturated rings. The van der Waals surface area contributed by atoms with Crippen molar-refractivity contribution >= 4 is 0 Å². The van der Waals surface area contributed by atoms with Crippen molar-refractivity contribution in [1.29, 1.82) is 0 Å². The van der Waals surface area contributed by atoms with Crippen molar-refractivity contribution in [3.8, 4) is 5.75 Å². The Bertz CT molecular complexity index is 521. The lowest BCUT2D eigenvalue weighted by atomic mass is 9.79. The van der Waals surface area contributed by atoms with E-state index >= 15 is 0 Å². The first-order chi connectivity index (χ1) is 10.7. The number of ether oxygens (including phenoxy) is 1. The highest BCUT2D eigenvalue weighted by Crippen LogP contribution is 2.40. The van der Waals surface area contributed by atoms with E-state index in [-0.39, 0.29) is 5.60 Å². The van der Waals surface area contributed by atoms with Crippen LogP contribution in [0, 0.1) is 17.3 Å². The van der Waals surface area contributed by atoms with Crippen LogP contribution in [0.2, 0.25) is 0 Å².